The van der Waals surface area contributed by atoms with Crippen molar-refractivity contribution in [1.82, 2.24) is 5.32 Å². The number of carboxylic acid groups (broad SMARTS) is 1. The van der Waals surface area contributed by atoms with E-state index in [2.05, 4.69) is 5.32 Å². The van der Waals surface area contributed by atoms with Crippen LogP contribution in [-0.4, -0.2) is 17.2 Å². The van der Waals surface area contributed by atoms with E-state index in [1.807, 2.05) is 30.3 Å². The first kappa shape index (κ1) is 16.9. The molecule has 0 saturated heterocycles. The van der Waals surface area contributed by atoms with E-state index >= 15 is 0 Å². The molecular weight excluding hydrogens is 345 g/mol. The van der Waals surface area contributed by atoms with Crippen LogP contribution in [0.15, 0.2) is 48.5 Å². The average molecular weight is 359 g/mol. The summed E-state index contributed by atoms with van der Waals surface area (Å²) in [5, 5.41) is 12.0. The largest absolute Gasteiger partial charge is 0.477 e. The molecule has 25 heavy (non-hydrogen) atoms. The van der Waals surface area contributed by atoms with Gasteiger partial charge in [-0.15, -0.1) is 11.3 Å². The summed E-state index contributed by atoms with van der Waals surface area (Å²) in [4.78, 5) is 23.2. The van der Waals surface area contributed by atoms with Crippen LogP contribution in [0.25, 0.3) is 10.1 Å². The van der Waals surface area contributed by atoms with Crippen molar-refractivity contribution in [3.8, 4) is 0 Å². The van der Waals surface area contributed by atoms with Crippen LogP contribution in [0.3, 0.4) is 0 Å². The number of alkyl carbamates (subject to hydrolysis) is 1. The van der Waals surface area contributed by atoms with Crippen molar-refractivity contribution in [3.63, 3.8) is 0 Å². The third-order valence-electron chi connectivity index (χ3n) is 3.58. The topological polar surface area (TPSA) is 75.6 Å². The van der Waals surface area contributed by atoms with Crippen LogP contribution >= 0.6 is 11.3 Å². The highest BCUT2D eigenvalue weighted by atomic mass is 32.1. The summed E-state index contributed by atoms with van der Waals surface area (Å²) >= 11 is 0.976. The SMILES string of the molecule is O=C(NCc1c(C(=O)O)sc2cccc(F)c12)OCc1ccccc1. The fraction of sp³-hybridized carbons (Fsp3) is 0.111. The number of hydrogen-bond acceptors (Lipinski definition) is 4. The number of amides is 1. The summed E-state index contributed by atoms with van der Waals surface area (Å²) in [6, 6.07) is 13.6. The fourth-order valence-corrected chi connectivity index (χ4v) is 3.52. The van der Waals surface area contributed by atoms with E-state index in [9.17, 15) is 19.1 Å². The van der Waals surface area contributed by atoms with Crippen LogP contribution < -0.4 is 5.32 Å². The Morgan fingerprint density at radius 1 is 1.12 bits per heavy atom. The Morgan fingerprint density at radius 2 is 1.88 bits per heavy atom. The second kappa shape index (κ2) is 7.31. The van der Waals surface area contributed by atoms with Gasteiger partial charge in [0, 0.05) is 22.2 Å². The highest BCUT2D eigenvalue weighted by Crippen LogP contribution is 2.33. The van der Waals surface area contributed by atoms with Gasteiger partial charge in [-0.05, 0) is 17.7 Å². The van der Waals surface area contributed by atoms with Crippen LogP contribution in [0, 0.1) is 5.82 Å². The van der Waals surface area contributed by atoms with Gasteiger partial charge in [0.25, 0.3) is 0 Å². The Bertz CT molecular complexity index is 923. The van der Waals surface area contributed by atoms with Gasteiger partial charge in [0.05, 0.1) is 0 Å². The van der Waals surface area contributed by atoms with Crippen molar-refractivity contribution < 1.29 is 23.8 Å². The first-order valence-electron chi connectivity index (χ1n) is 7.44. The maximum Gasteiger partial charge on any atom is 0.407 e. The number of carbonyl (C=O) groups is 2. The zero-order valence-corrected chi connectivity index (χ0v) is 13.8. The van der Waals surface area contributed by atoms with Gasteiger partial charge in [-0.2, -0.15) is 0 Å². The van der Waals surface area contributed by atoms with Crippen molar-refractivity contribution >= 4 is 33.5 Å². The Kier molecular flexibility index (Phi) is 4.95. The van der Waals surface area contributed by atoms with Crippen molar-refractivity contribution in [2.45, 2.75) is 13.2 Å². The van der Waals surface area contributed by atoms with Gasteiger partial charge in [-0.3, -0.25) is 0 Å². The molecule has 128 valence electrons. The number of halogens is 1. The summed E-state index contributed by atoms with van der Waals surface area (Å²) in [5.74, 6) is -1.68. The quantitative estimate of drug-likeness (QED) is 0.717. The Morgan fingerprint density at radius 3 is 2.60 bits per heavy atom. The number of hydrogen-bond donors (Lipinski definition) is 2. The normalized spacial score (nSPS) is 10.6. The summed E-state index contributed by atoms with van der Waals surface area (Å²) < 4.78 is 19.7. The zero-order chi connectivity index (χ0) is 17.8. The molecule has 1 heterocycles. The van der Waals surface area contributed by atoms with E-state index in [1.165, 1.54) is 12.1 Å². The molecule has 7 heteroatoms. The number of carboxylic acids is 1. The van der Waals surface area contributed by atoms with Crippen molar-refractivity contribution in [2.75, 3.05) is 0 Å². The van der Waals surface area contributed by atoms with Gasteiger partial charge >= 0.3 is 12.1 Å². The maximum atomic E-state index is 14.1. The molecule has 3 rings (SSSR count). The summed E-state index contributed by atoms with van der Waals surface area (Å²) in [7, 11) is 0. The minimum Gasteiger partial charge on any atom is -0.477 e. The van der Waals surface area contributed by atoms with Gasteiger partial charge in [0.15, 0.2) is 0 Å². The number of fused-ring (bicyclic) bond motifs is 1. The number of rotatable bonds is 5. The van der Waals surface area contributed by atoms with E-state index in [-0.39, 0.29) is 29.0 Å². The Hall–Kier alpha value is -2.93. The summed E-state index contributed by atoms with van der Waals surface area (Å²) in [5.41, 5.74) is 1.07. The average Bonchev–Trinajstić information content (AvgIpc) is 2.99. The summed E-state index contributed by atoms with van der Waals surface area (Å²) in [6.45, 7) is -0.0343. The lowest BCUT2D eigenvalue weighted by atomic mass is 10.1. The molecule has 0 unspecified atom stereocenters. The number of thiophene rings is 1. The van der Waals surface area contributed by atoms with Crippen LogP contribution in [0.4, 0.5) is 9.18 Å². The zero-order valence-electron chi connectivity index (χ0n) is 13.0. The van der Waals surface area contributed by atoms with Crippen LogP contribution in [0.5, 0.6) is 0 Å². The molecule has 3 aromatic rings. The third-order valence-corrected chi connectivity index (χ3v) is 4.77. The number of nitrogens with one attached hydrogen (secondary N) is 1. The van der Waals surface area contributed by atoms with Gasteiger partial charge in [-0.25, -0.2) is 14.0 Å². The number of benzene rings is 2. The van der Waals surface area contributed by atoms with E-state index in [1.54, 1.807) is 6.07 Å². The first-order valence-corrected chi connectivity index (χ1v) is 8.25. The molecule has 0 saturated carbocycles. The van der Waals surface area contributed by atoms with Gasteiger partial charge in [0.1, 0.15) is 17.3 Å². The molecule has 0 bridgehead atoms. The molecule has 0 aliphatic heterocycles. The molecule has 0 fully saturated rings. The van der Waals surface area contributed by atoms with Gasteiger partial charge in [-0.1, -0.05) is 36.4 Å². The second-order valence-corrected chi connectivity index (χ2v) is 6.30. The standard InChI is InChI=1S/C18H14FNO4S/c19-13-7-4-8-14-15(13)12(16(25-14)17(21)22)9-20-18(23)24-10-11-5-2-1-3-6-11/h1-8H,9-10H2,(H,20,23)(H,21,22). The maximum absolute atomic E-state index is 14.1. The van der Waals surface area contributed by atoms with E-state index in [0.29, 0.717) is 4.70 Å². The first-order chi connectivity index (χ1) is 12.1. The highest BCUT2D eigenvalue weighted by molar-refractivity contribution is 7.21. The lowest BCUT2D eigenvalue weighted by Crippen LogP contribution is -2.24. The molecule has 0 atom stereocenters. The van der Waals surface area contributed by atoms with E-state index in [0.717, 1.165) is 16.9 Å². The molecular formula is C18H14FNO4S. The fourth-order valence-electron chi connectivity index (χ4n) is 2.44. The van der Waals surface area contributed by atoms with Gasteiger partial charge < -0.3 is 15.2 Å². The predicted molar refractivity (Wildman–Crippen MR) is 92.2 cm³/mol. The van der Waals surface area contributed by atoms with Gasteiger partial charge in [0.2, 0.25) is 0 Å². The van der Waals surface area contributed by atoms with E-state index < -0.39 is 17.9 Å². The van der Waals surface area contributed by atoms with Crippen molar-refractivity contribution in [1.29, 1.82) is 0 Å². The Labute approximate surface area is 146 Å². The third kappa shape index (κ3) is 3.77. The predicted octanol–water partition coefficient (Wildman–Crippen LogP) is 4.17. The molecule has 1 amide bonds. The minimum absolute atomic E-state index is 0.00320. The molecule has 2 aromatic carbocycles. The lowest BCUT2D eigenvalue weighted by molar-refractivity contribution is 0.0700. The van der Waals surface area contributed by atoms with Crippen molar-refractivity contribution in [2.24, 2.45) is 0 Å². The number of aromatic carboxylic acids is 1. The molecule has 0 aliphatic carbocycles. The van der Waals surface area contributed by atoms with Crippen molar-refractivity contribution in [3.05, 3.63) is 70.4 Å². The van der Waals surface area contributed by atoms with E-state index in [4.69, 9.17) is 4.74 Å². The second-order valence-electron chi connectivity index (χ2n) is 5.24. The Balaban J connectivity index is 1.73. The number of ether oxygens (including phenoxy) is 1. The highest BCUT2D eigenvalue weighted by Gasteiger charge is 2.20. The lowest BCUT2D eigenvalue weighted by Gasteiger charge is -2.08. The molecule has 0 spiro atoms. The van der Waals surface area contributed by atoms with Crippen LogP contribution in [0.1, 0.15) is 20.8 Å². The number of carbonyl (C=O) groups excluding carboxylic acids is 1. The van der Waals surface area contributed by atoms with Crippen LogP contribution in [0.2, 0.25) is 0 Å². The molecule has 1 aromatic heterocycles. The molecule has 5 nitrogen and oxygen atoms in total. The van der Waals surface area contributed by atoms with Crippen LogP contribution in [-0.2, 0) is 17.9 Å². The summed E-state index contributed by atoms with van der Waals surface area (Å²) in [6.07, 6.45) is -0.698. The molecule has 0 aliphatic rings. The minimum atomic E-state index is -1.16. The monoisotopic (exact) mass is 359 g/mol. The molecule has 2 N–H and O–H groups in total. The smallest absolute Gasteiger partial charge is 0.407 e. The molecule has 0 radical (unpaired) electrons.